The van der Waals surface area contributed by atoms with Crippen LogP contribution >= 0.6 is 0 Å². The number of nitrogens with zero attached hydrogens (tertiary/aromatic N) is 3. The predicted molar refractivity (Wildman–Crippen MR) is 89.5 cm³/mol. The van der Waals surface area contributed by atoms with Gasteiger partial charge in [0.2, 0.25) is 5.91 Å². The summed E-state index contributed by atoms with van der Waals surface area (Å²) in [6, 6.07) is 6.09. The van der Waals surface area contributed by atoms with Crippen LogP contribution in [0.15, 0.2) is 30.3 Å². The van der Waals surface area contributed by atoms with Crippen molar-refractivity contribution in [3.63, 3.8) is 0 Å². The number of nitrogens with one attached hydrogen (secondary N) is 1. The Morgan fingerprint density at radius 1 is 1.25 bits per heavy atom. The maximum atomic E-state index is 12.9. The number of amides is 1. The van der Waals surface area contributed by atoms with Gasteiger partial charge in [-0.05, 0) is 43.0 Å². The van der Waals surface area contributed by atoms with Gasteiger partial charge in [0.05, 0.1) is 6.54 Å². The third kappa shape index (κ3) is 3.88. The van der Waals surface area contributed by atoms with Crippen molar-refractivity contribution in [2.24, 2.45) is 0 Å². The molecule has 0 atom stereocenters. The average molecular weight is 328 g/mol. The van der Waals surface area contributed by atoms with E-state index in [1.165, 1.54) is 24.6 Å². The number of hydrogen-bond donors (Lipinski definition) is 1. The quantitative estimate of drug-likeness (QED) is 0.878. The van der Waals surface area contributed by atoms with Crippen LogP contribution in [0.1, 0.15) is 43.4 Å². The van der Waals surface area contributed by atoms with Gasteiger partial charge in [0.1, 0.15) is 11.6 Å². The minimum absolute atomic E-state index is 0.192. The SMILES string of the molecule is C/C(=C\C(=O)NCc1nnc2n1CCCCC2)c1ccc(F)cc1. The van der Waals surface area contributed by atoms with Crippen LogP contribution in [-0.2, 0) is 24.3 Å². The molecule has 0 saturated heterocycles. The molecular formula is C18H21FN4O. The summed E-state index contributed by atoms with van der Waals surface area (Å²) < 4.78 is 15.1. The summed E-state index contributed by atoms with van der Waals surface area (Å²) in [6.07, 6.45) is 5.94. The molecule has 2 heterocycles. The Labute approximate surface area is 140 Å². The van der Waals surface area contributed by atoms with Gasteiger partial charge in [-0.15, -0.1) is 10.2 Å². The van der Waals surface area contributed by atoms with Crippen molar-refractivity contribution >= 4 is 11.5 Å². The van der Waals surface area contributed by atoms with Crippen LogP contribution < -0.4 is 5.32 Å². The van der Waals surface area contributed by atoms with E-state index in [0.29, 0.717) is 6.54 Å². The third-order valence-corrected chi connectivity index (χ3v) is 4.25. The molecule has 0 bridgehead atoms. The number of fused-ring (bicyclic) bond motifs is 1. The summed E-state index contributed by atoms with van der Waals surface area (Å²) in [5.74, 6) is 1.33. The van der Waals surface area contributed by atoms with Crippen LogP contribution in [0.4, 0.5) is 4.39 Å². The number of carbonyl (C=O) groups excluding carboxylic acids is 1. The number of benzene rings is 1. The molecule has 1 amide bonds. The first-order chi connectivity index (χ1) is 11.6. The minimum atomic E-state index is -0.288. The maximum Gasteiger partial charge on any atom is 0.244 e. The van der Waals surface area contributed by atoms with Crippen LogP contribution in [0.2, 0.25) is 0 Å². The lowest BCUT2D eigenvalue weighted by atomic mass is 10.1. The highest BCUT2D eigenvalue weighted by atomic mass is 19.1. The van der Waals surface area contributed by atoms with E-state index in [0.717, 1.165) is 48.6 Å². The van der Waals surface area contributed by atoms with Crippen LogP contribution in [0.3, 0.4) is 0 Å². The molecule has 24 heavy (non-hydrogen) atoms. The van der Waals surface area contributed by atoms with Crippen molar-refractivity contribution in [2.75, 3.05) is 0 Å². The molecule has 5 nitrogen and oxygen atoms in total. The van der Waals surface area contributed by atoms with Crippen LogP contribution in [0.5, 0.6) is 0 Å². The lowest BCUT2D eigenvalue weighted by Crippen LogP contribution is -2.23. The smallest absolute Gasteiger partial charge is 0.244 e. The van der Waals surface area contributed by atoms with Gasteiger partial charge in [0, 0.05) is 19.0 Å². The van der Waals surface area contributed by atoms with Crippen molar-refractivity contribution in [1.82, 2.24) is 20.1 Å². The van der Waals surface area contributed by atoms with Crippen LogP contribution in [0, 0.1) is 5.82 Å². The van der Waals surface area contributed by atoms with E-state index in [1.807, 2.05) is 6.92 Å². The number of aryl methyl sites for hydroxylation is 1. The Morgan fingerprint density at radius 3 is 2.83 bits per heavy atom. The van der Waals surface area contributed by atoms with Crippen LogP contribution in [-0.4, -0.2) is 20.7 Å². The first-order valence-electron chi connectivity index (χ1n) is 8.26. The fourth-order valence-electron chi connectivity index (χ4n) is 2.89. The molecule has 3 rings (SSSR count). The Kier molecular flexibility index (Phi) is 5.03. The van der Waals surface area contributed by atoms with Crippen LogP contribution in [0.25, 0.3) is 5.57 Å². The van der Waals surface area contributed by atoms with Crippen molar-refractivity contribution < 1.29 is 9.18 Å². The number of halogens is 1. The van der Waals surface area contributed by atoms with Gasteiger partial charge >= 0.3 is 0 Å². The molecule has 1 aromatic carbocycles. The Bertz CT molecular complexity index is 749. The van der Waals surface area contributed by atoms with Gasteiger partial charge in [-0.2, -0.15) is 0 Å². The number of hydrogen-bond acceptors (Lipinski definition) is 3. The fourth-order valence-corrected chi connectivity index (χ4v) is 2.89. The van der Waals surface area contributed by atoms with Gasteiger partial charge in [0.15, 0.2) is 5.82 Å². The van der Waals surface area contributed by atoms with Crippen molar-refractivity contribution in [3.8, 4) is 0 Å². The molecule has 0 aliphatic carbocycles. The summed E-state index contributed by atoms with van der Waals surface area (Å²) in [7, 11) is 0. The molecule has 0 unspecified atom stereocenters. The summed E-state index contributed by atoms with van der Waals surface area (Å²) in [5.41, 5.74) is 1.61. The van der Waals surface area contributed by atoms with E-state index in [-0.39, 0.29) is 11.7 Å². The molecule has 2 aromatic rings. The monoisotopic (exact) mass is 328 g/mol. The molecular weight excluding hydrogens is 307 g/mol. The average Bonchev–Trinajstić information content (AvgIpc) is 2.80. The van der Waals surface area contributed by atoms with Gasteiger partial charge < -0.3 is 9.88 Å². The van der Waals surface area contributed by atoms with E-state index in [1.54, 1.807) is 12.1 Å². The van der Waals surface area contributed by atoms with Gasteiger partial charge in [-0.25, -0.2) is 4.39 Å². The van der Waals surface area contributed by atoms with E-state index in [2.05, 4.69) is 20.1 Å². The fraction of sp³-hybridized carbons (Fsp3) is 0.389. The molecule has 1 aliphatic heterocycles. The van der Waals surface area contributed by atoms with E-state index >= 15 is 0 Å². The van der Waals surface area contributed by atoms with Gasteiger partial charge in [-0.1, -0.05) is 18.6 Å². The van der Waals surface area contributed by atoms with Gasteiger partial charge in [-0.3, -0.25) is 4.79 Å². The second-order valence-corrected chi connectivity index (χ2v) is 6.05. The molecule has 126 valence electrons. The Hall–Kier alpha value is -2.50. The predicted octanol–water partition coefficient (Wildman–Crippen LogP) is 2.86. The van der Waals surface area contributed by atoms with E-state index in [9.17, 15) is 9.18 Å². The molecule has 1 aromatic heterocycles. The highest BCUT2D eigenvalue weighted by molar-refractivity contribution is 5.94. The Balaban J connectivity index is 1.62. The number of carbonyl (C=O) groups is 1. The second kappa shape index (κ2) is 7.38. The molecule has 0 spiro atoms. The summed E-state index contributed by atoms with van der Waals surface area (Å²) in [6.45, 7) is 3.10. The standard InChI is InChI=1S/C18H21FN4O/c1-13(14-6-8-15(19)9-7-14)11-18(24)20-12-17-22-21-16-5-3-2-4-10-23(16)17/h6-9,11H,2-5,10,12H2,1H3,(H,20,24)/b13-11+. The Morgan fingerprint density at radius 2 is 2.04 bits per heavy atom. The zero-order chi connectivity index (χ0) is 16.9. The highest BCUT2D eigenvalue weighted by Crippen LogP contribution is 2.15. The molecule has 0 radical (unpaired) electrons. The van der Waals surface area contributed by atoms with E-state index < -0.39 is 0 Å². The maximum absolute atomic E-state index is 12.9. The number of rotatable bonds is 4. The molecule has 1 N–H and O–H groups in total. The molecule has 0 fully saturated rings. The van der Waals surface area contributed by atoms with E-state index in [4.69, 9.17) is 0 Å². The highest BCUT2D eigenvalue weighted by Gasteiger charge is 2.14. The second-order valence-electron chi connectivity index (χ2n) is 6.05. The molecule has 6 heteroatoms. The van der Waals surface area contributed by atoms with Crippen molar-refractivity contribution in [1.29, 1.82) is 0 Å². The largest absolute Gasteiger partial charge is 0.345 e. The molecule has 1 aliphatic rings. The van der Waals surface area contributed by atoms with Gasteiger partial charge in [0.25, 0.3) is 0 Å². The lowest BCUT2D eigenvalue weighted by Gasteiger charge is -2.07. The first-order valence-corrected chi connectivity index (χ1v) is 8.26. The summed E-state index contributed by atoms with van der Waals surface area (Å²) in [4.78, 5) is 12.1. The lowest BCUT2D eigenvalue weighted by molar-refractivity contribution is -0.116. The normalized spacial score (nSPS) is 14.8. The number of allylic oxidation sites excluding steroid dienone is 1. The minimum Gasteiger partial charge on any atom is -0.345 e. The molecule has 0 saturated carbocycles. The summed E-state index contributed by atoms with van der Waals surface area (Å²) in [5, 5.41) is 11.3. The van der Waals surface area contributed by atoms with Crippen molar-refractivity contribution in [3.05, 3.63) is 53.4 Å². The zero-order valence-corrected chi connectivity index (χ0v) is 13.8. The number of aromatic nitrogens is 3. The topological polar surface area (TPSA) is 59.8 Å². The van der Waals surface area contributed by atoms with Crippen molar-refractivity contribution in [2.45, 2.75) is 45.7 Å². The summed E-state index contributed by atoms with van der Waals surface area (Å²) >= 11 is 0. The zero-order valence-electron chi connectivity index (χ0n) is 13.8. The first kappa shape index (κ1) is 16.4. The third-order valence-electron chi connectivity index (χ3n) is 4.25.